The Labute approximate surface area is 153 Å². The van der Waals surface area contributed by atoms with Crippen LogP contribution in [0.25, 0.3) is 5.57 Å². The molecule has 0 atom stereocenters. The molecule has 0 aliphatic carbocycles. The van der Waals surface area contributed by atoms with Crippen molar-refractivity contribution in [1.29, 1.82) is 0 Å². The molecule has 146 valence electrons. The fourth-order valence-electron chi connectivity index (χ4n) is 2.70. The van der Waals surface area contributed by atoms with Crippen LogP contribution < -0.4 is 4.74 Å². The largest absolute Gasteiger partial charge is 0.482 e. The smallest absolute Gasteiger partial charge is 0.422 e. The lowest BCUT2D eigenvalue weighted by Crippen LogP contribution is -2.21. The van der Waals surface area contributed by atoms with Gasteiger partial charge in [0.15, 0.2) is 6.61 Å². The van der Waals surface area contributed by atoms with Gasteiger partial charge >= 0.3 is 6.18 Å². The van der Waals surface area contributed by atoms with E-state index in [1.807, 2.05) is 20.8 Å². The monoisotopic (exact) mass is 371 g/mol. The third kappa shape index (κ3) is 6.81. The van der Waals surface area contributed by atoms with Gasteiger partial charge in [0.05, 0.1) is 5.69 Å². The summed E-state index contributed by atoms with van der Waals surface area (Å²) in [6.07, 6.45) is -0.408. The van der Waals surface area contributed by atoms with Gasteiger partial charge in [-0.3, -0.25) is 4.98 Å². The first-order chi connectivity index (χ1) is 12.1. The highest BCUT2D eigenvalue weighted by Gasteiger charge is 2.30. The van der Waals surface area contributed by atoms with Gasteiger partial charge in [-0.15, -0.1) is 0 Å². The number of alkyl halides is 3. The molecule has 1 rings (SSSR count). The molecule has 0 saturated carbocycles. The Hall–Kier alpha value is -1.85. The zero-order valence-electron chi connectivity index (χ0n) is 16.1. The van der Waals surface area contributed by atoms with E-state index in [9.17, 15) is 18.0 Å². The van der Waals surface area contributed by atoms with E-state index in [1.165, 1.54) is 0 Å². The van der Waals surface area contributed by atoms with E-state index in [4.69, 9.17) is 4.74 Å². The topological polar surface area (TPSA) is 39.2 Å². The molecule has 1 heterocycles. The number of pyridine rings is 1. The molecule has 1 aromatic heterocycles. The molecule has 0 aromatic carbocycles. The van der Waals surface area contributed by atoms with Crippen LogP contribution in [0, 0.1) is 5.92 Å². The van der Waals surface area contributed by atoms with Crippen molar-refractivity contribution in [3.05, 3.63) is 29.1 Å². The zero-order valence-corrected chi connectivity index (χ0v) is 16.1. The number of aldehydes is 1. The maximum absolute atomic E-state index is 12.7. The van der Waals surface area contributed by atoms with E-state index in [2.05, 4.69) is 18.8 Å². The number of carbonyl (C=O) groups excluding carboxylic acids is 1. The van der Waals surface area contributed by atoms with E-state index < -0.39 is 12.8 Å². The summed E-state index contributed by atoms with van der Waals surface area (Å²) >= 11 is 0. The fourth-order valence-corrected chi connectivity index (χ4v) is 2.70. The highest BCUT2D eigenvalue weighted by molar-refractivity contribution is 5.73. The summed E-state index contributed by atoms with van der Waals surface area (Å²) in [6, 6.07) is 1.80. The number of allylic oxidation sites excluding steroid dienone is 2. The average Bonchev–Trinajstić information content (AvgIpc) is 2.52. The molecule has 0 spiro atoms. The Balaban J connectivity index is 3.55. The fraction of sp³-hybridized carbons (Fsp3) is 0.600. The van der Waals surface area contributed by atoms with Gasteiger partial charge in [0.1, 0.15) is 12.0 Å². The first kappa shape index (κ1) is 22.2. The predicted octanol–water partition coefficient (Wildman–Crippen LogP) is 5.73. The second-order valence-electron chi connectivity index (χ2n) is 7.02. The highest BCUT2D eigenvalue weighted by atomic mass is 19.4. The second-order valence-corrected chi connectivity index (χ2v) is 7.02. The molecule has 0 aliphatic rings. The molecular weight excluding hydrogens is 343 g/mol. The van der Waals surface area contributed by atoms with Crippen LogP contribution in [-0.2, 0) is 11.2 Å². The molecule has 1 aromatic rings. The maximum Gasteiger partial charge on any atom is 0.422 e. The van der Waals surface area contributed by atoms with Crippen molar-refractivity contribution in [1.82, 2.24) is 4.98 Å². The lowest BCUT2D eigenvalue weighted by atomic mass is 9.95. The molecule has 0 bridgehead atoms. The van der Waals surface area contributed by atoms with Crippen LogP contribution in [0.2, 0.25) is 0 Å². The minimum absolute atomic E-state index is 0.0896. The Bertz CT molecular complexity index is 635. The zero-order chi connectivity index (χ0) is 19.9. The van der Waals surface area contributed by atoms with Crippen molar-refractivity contribution in [2.24, 2.45) is 5.92 Å². The van der Waals surface area contributed by atoms with E-state index >= 15 is 0 Å². The van der Waals surface area contributed by atoms with Gasteiger partial charge < -0.3 is 9.53 Å². The Kier molecular flexibility index (Phi) is 8.31. The summed E-state index contributed by atoms with van der Waals surface area (Å²) in [7, 11) is 0. The number of hydrogen-bond donors (Lipinski definition) is 0. The van der Waals surface area contributed by atoms with Crippen molar-refractivity contribution in [2.45, 2.75) is 66.0 Å². The summed E-state index contributed by atoms with van der Waals surface area (Å²) in [5, 5.41) is 0. The van der Waals surface area contributed by atoms with Crippen LogP contribution in [0.5, 0.6) is 5.75 Å². The van der Waals surface area contributed by atoms with Crippen molar-refractivity contribution in [2.75, 3.05) is 6.61 Å². The van der Waals surface area contributed by atoms with Gasteiger partial charge in [0, 0.05) is 17.7 Å². The number of rotatable bonds is 9. The van der Waals surface area contributed by atoms with Gasteiger partial charge in [-0.25, -0.2) is 0 Å². The lowest BCUT2D eigenvalue weighted by molar-refractivity contribution is -0.153. The third-order valence-corrected chi connectivity index (χ3v) is 3.78. The van der Waals surface area contributed by atoms with E-state index in [-0.39, 0.29) is 18.1 Å². The molecule has 0 aliphatic heterocycles. The second kappa shape index (κ2) is 9.74. The van der Waals surface area contributed by atoms with Crippen LogP contribution in [0.3, 0.4) is 0 Å². The maximum atomic E-state index is 12.7. The number of ether oxygens (including phenoxy) is 1. The Morgan fingerprint density at radius 3 is 2.38 bits per heavy atom. The average molecular weight is 371 g/mol. The number of hydrogen-bond acceptors (Lipinski definition) is 3. The number of nitrogens with zero attached hydrogens (tertiary/aromatic N) is 1. The van der Waals surface area contributed by atoms with Crippen LogP contribution >= 0.6 is 0 Å². The van der Waals surface area contributed by atoms with Gasteiger partial charge in [-0.1, -0.05) is 40.7 Å². The van der Waals surface area contributed by atoms with Gasteiger partial charge in [0.25, 0.3) is 0 Å². The first-order valence-corrected chi connectivity index (χ1v) is 8.95. The van der Waals surface area contributed by atoms with E-state index in [0.29, 0.717) is 23.6 Å². The van der Waals surface area contributed by atoms with Crippen LogP contribution in [-0.4, -0.2) is 24.1 Å². The van der Waals surface area contributed by atoms with Crippen molar-refractivity contribution in [3.63, 3.8) is 0 Å². The normalized spacial score (nSPS) is 12.8. The van der Waals surface area contributed by atoms with Crippen molar-refractivity contribution < 1.29 is 22.7 Å². The van der Waals surface area contributed by atoms with Gasteiger partial charge in [-0.2, -0.15) is 13.2 Å². The molecule has 3 nitrogen and oxygen atoms in total. The van der Waals surface area contributed by atoms with Gasteiger partial charge in [-0.05, 0) is 36.3 Å². The van der Waals surface area contributed by atoms with E-state index in [0.717, 1.165) is 24.0 Å². The van der Waals surface area contributed by atoms with E-state index in [1.54, 1.807) is 12.1 Å². The molecular formula is C20H28F3NO2. The molecule has 26 heavy (non-hydrogen) atoms. The van der Waals surface area contributed by atoms with Gasteiger partial charge in [0.2, 0.25) is 0 Å². The predicted molar refractivity (Wildman–Crippen MR) is 97.4 cm³/mol. The summed E-state index contributed by atoms with van der Waals surface area (Å²) in [5.74, 6) is 0.443. The number of carbonyl (C=O) groups is 1. The molecule has 0 fully saturated rings. The standard InChI is InChI=1S/C20H28F3NO2/c1-6-15(8-7-9-25)17-11-16(10-13(2)3)24-18(14(4)5)19(17)26-12-20(21,22)23/h8-9,11,13-14H,6-7,10,12H2,1-5H3/b15-8-. The SMILES string of the molecule is CC/C(=C/CC=O)c1cc(CC(C)C)nc(C(C)C)c1OCC(F)(F)F. The minimum Gasteiger partial charge on any atom is -0.482 e. The minimum atomic E-state index is -4.43. The summed E-state index contributed by atoms with van der Waals surface area (Å²) < 4.78 is 43.4. The summed E-state index contributed by atoms with van der Waals surface area (Å²) in [5.41, 5.74) is 2.74. The first-order valence-electron chi connectivity index (χ1n) is 8.95. The van der Waals surface area contributed by atoms with Crippen molar-refractivity contribution in [3.8, 4) is 5.75 Å². The molecule has 0 amide bonds. The lowest BCUT2D eigenvalue weighted by Gasteiger charge is -2.21. The molecule has 0 N–H and O–H groups in total. The Morgan fingerprint density at radius 2 is 1.92 bits per heavy atom. The summed E-state index contributed by atoms with van der Waals surface area (Å²) in [4.78, 5) is 15.3. The number of halogens is 3. The number of aromatic nitrogens is 1. The van der Waals surface area contributed by atoms with Crippen LogP contribution in [0.4, 0.5) is 13.2 Å². The summed E-state index contributed by atoms with van der Waals surface area (Å²) in [6.45, 7) is 8.43. The molecule has 0 unspecified atom stereocenters. The third-order valence-electron chi connectivity index (χ3n) is 3.78. The Morgan fingerprint density at radius 1 is 1.27 bits per heavy atom. The van der Waals surface area contributed by atoms with Crippen molar-refractivity contribution >= 4 is 11.9 Å². The highest BCUT2D eigenvalue weighted by Crippen LogP contribution is 2.36. The van der Waals surface area contributed by atoms with Crippen LogP contribution in [0.1, 0.15) is 70.3 Å². The quantitative estimate of drug-likeness (QED) is 0.521. The molecule has 0 saturated heterocycles. The van der Waals surface area contributed by atoms with Crippen LogP contribution in [0.15, 0.2) is 12.1 Å². The molecule has 0 radical (unpaired) electrons. The molecule has 6 heteroatoms.